The molecule has 1 heterocycles. The molecule has 0 saturated carbocycles. The minimum absolute atomic E-state index is 0.0991. The highest BCUT2D eigenvalue weighted by molar-refractivity contribution is 7.91. The van der Waals surface area contributed by atoms with Gasteiger partial charge in [0.15, 0.2) is 5.82 Å². The topological polar surface area (TPSA) is 81.2 Å². The number of nitrogens with zero attached hydrogens (tertiary/aromatic N) is 2. The van der Waals surface area contributed by atoms with E-state index in [1.807, 2.05) is 6.07 Å². The van der Waals surface area contributed by atoms with Crippen LogP contribution in [-0.4, -0.2) is 25.5 Å². The average Bonchev–Trinajstić information content (AvgIpc) is 2.75. The summed E-state index contributed by atoms with van der Waals surface area (Å²) in [7, 11) is -2.41. The van der Waals surface area contributed by atoms with Crippen molar-refractivity contribution >= 4 is 44.0 Å². The molecule has 0 amide bonds. The second-order valence-corrected chi connectivity index (χ2v) is 8.48. The van der Waals surface area contributed by atoms with Gasteiger partial charge in [-0.3, -0.25) is 0 Å². The van der Waals surface area contributed by atoms with E-state index in [0.29, 0.717) is 27.5 Å². The molecule has 0 bridgehead atoms. The molecule has 4 rings (SSSR count). The monoisotopic (exact) mass is 425 g/mol. The molecule has 146 valence electrons. The van der Waals surface area contributed by atoms with E-state index in [4.69, 9.17) is 16.3 Å². The molecule has 0 fully saturated rings. The van der Waals surface area contributed by atoms with Gasteiger partial charge in [0.25, 0.3) is 0 Å². The van der Waals surface area contributed by atoms with Crippen molar-refractivity contribution in [3.8, 4) is 5.75 Å². The van der Waals surface area contributed by atoms with Gasteiger partial charge in [-0.1, -0.05) is 23.7 Å². The van der Waals surface area contributed by atoms with Gasteiger partial charge in [-0.05, 0) is 60.7 Å². The predicted octanol–water partition coefficient (Wildman–Crippen LogP) is 4.87. The predicted molar refractivity (Wildman–Crippen MR) is 113 cm³/mol. The molecule has 0 aliphatic heterocycles. The van der Waals surface area contributed by atoms with Gasteiger partial charge in [-0.2, -0.15) is 0 Å². The van der Waals surface area contributed by atoms with Crippen molar-refractivity contribution in [2.24, 2.45) is 0 Å². The van der Waals surface area contributed by atoms with Gasteiger partial charge >= 0.3 is 0 Å². The lowest BCUT2D eigenvalue weighted by Gasteiger charge is -2.13. The van der Waals surface area contributed by atoms with Crippen LogP contribution in [0.15, 0.2) is 82.7 Å². The van der Waals surface area contributed by atoms with Gasteiger partial charge in [0.1, 0.15) is 5.75 Å². The molecule has 4 aromatic rings. The fourth-order valence-electron chi connectivity index (χ4n) is 2.79. The summed E-state index contributed by atoms with van der Waals surface area (Å²) in [4.78, 5) is 9.02. The zero-order chi connectivity index (χ0) is 20.4. The molecule has 8 heteroatoms. The van der Waals surface area contributed by atoms with E-state index in [0.717, 1.165) is 0 Å². The van der Waals surface area contributed by atoms with E-state index < -0.39 is 9.84 Å². The molecule has 0 spiro atoms. The van der Waals surface area contributed by atoms with E-state index >= 15 is 0 Å². The summed E-state index contributed by atoms with van der Waals surface area (Å²) < 4.78 is 31.8. The summed E-state index contributed by atoms with van der Waals surface area (Å²) >= 11 is 5.94. The second-order valence-electron chi connectivity index (χ2n) is 6.18. The molecule has 3 aromatic carbocycles. The van der Waals surface area contributed by atoms with E-state index in [9.17, 15) is 8.42 Å². The largest absolute Gasteiger partial charge is 0.497 e. The maximum absolute atomic E-state index is 13.3. The first-order chi connectivity index (χ1) is 14.0. The Kier molecular flexibility index (Phi) is 5.08. The Hall–Kier alpha value is -3.16. The van der Waals surface area contributed by atoms with Crippen LogP contribution in [0.1, 0.15) is 0 Å². The quantitative estimate of drug-likeness (QED) is 0.491. The Morgan fingerprint density at radius 3 is 2.10 bits per heavy atom. The molecule has 1 aromatic heterocycles. The lowest BCUT2D eigenvalue weighted by molar-refractivity contribution is 0.414. The van der Waals surface area contributed by atoms with Gasteiger partial charge in [0, 0.05) is 10.7 Å². The zero-order valence-corrected chi connectivity index (χ0v) is 16.9. The number of hydrogen-bond acceptors (Lipinski definition) is 6. The first kappa shape index (κ1) is 19.2. The Balaban J connectivity index is 1.87. The first-order valence-electron chi connectivity index (χ1n) is 8.66. The number of sulfone groups is 1. The minimum atomic E-state index is -3.93. The van der Waals surface area contributed by atoms with Crippen LogP contribution in [0.5, 0.6) is 5.75 Å². The maximum atomic E-state index is 13.3. The molecular weight excluding hydrogens is 410 g/mol. The maximum Gasteiger partial charge on any atom is 0.227 e. The normalized spacial score (nSPS) is 11.4. The van der Waals surface area contributed by atoms with Crippen LogP contribution in [-0.2, 0) is 9.84 Å². The van der Waals surface area contributed by atoms with E-state index in [-0.39, 0.29) is 15.7 Å². The highest BCUT2D eigenvalue weighted by Gasteiger charge is 2.25. The Bertz CT molecular complexity index is 1280. The molecule has 0 unspecified atom stereocenters. The van der Waals surface area contributed by atoms with E-state index in [1.165, 1.54) is 19.2 Å². The van der Waals surface area contributed by atoms with Crippen molar-refractivity contribution < 1.29 is 13.2 Å². The number of rotatable bonds is 5. The summed E-state index contributed by atoms with van der Waals surface area (Å²) in [6.07, 6.45) is 0. The molecule has 0 saturated heterocycles. The number of aromatic nitrogens is 2. The van der Waals surface area contributed by atoms with Crippen molar-refractivity contribution in [1.82, 2.24) is 9.97 Å². The third-order valence-electron chi connectivity index (χ3n) is 4.27. The highest BCUT2D eigenvalue weighted by Crippen LogP contribution is 2.30. The summed E-state index contributed by atoms with van der Waals surface area (Å²) in [5, 5.41) is 3.47. The number of methoxy groups -OCH3 is 1. The number of nitrogens with one attached hydrogen (secondary N) is 1. The lowest BCUT2D eigenvalue weighted by atomic mass is 10.3. The minimum Gasteiger partial charge on any atom is -0.497 e. The van der Waals surface area contributed by atoms with Crippen LogP contribution in [0.3, 0.4) is 0 Å². The van der Waals surface area contributed by atoms with Crippen LogP contribution >= 0.6 is 11.6 Å². The van der Waals surface area contributed by atoms with Gasteiger partial charge < -0.3 is 10.1 Å². The lowest BCUT2D eigenvalue weighted by Crippen LogP contribution is -2.10. The van der Waals surface area contributed by atoms with Gasteiger partial charge in [0.2, 0.25) is 14.9 Å². The van der Waals surface area contributed by atoms with Crippen molar-refractivity contribution in [2.45, 2.75) is 9.92 Å². The number of ether oxygens (including phenoxy) is 1. The third kappa shape index (κ3) is 3.87. The molecule has 0 aliphatic rings. The van der Waals surface area contributed by atoms with Crippen LogP contribution in [0, 0.1) is 0 Å². The van der Waals surface area contributed by atoms with Crippen LogP contribution in [0.2, 0.25) is 5.02 Å². The molecule has 0 atom stereocenters. The van der Waals surface area contributed by atoms with Gasteiger partial charge in [-0.15, -0.1) is 0 Å². The molecule has 1 N–H and O–H groups in total. The fraction of sp³-hybridized carbons (Fsp3) is 0.0476. The van der Waals surface area contributed by atoms with Crippen molar-refractivity contribution in [3.05, 3.63) is 77.8 Å². The second kappa shape index (κ2) is 7.69. The SMILES string of the molecule is COc1ccc(S(=O)(=O)c2nc3ccccc3nc2Nc2ccc(Cl)cc2)cc1. The van der Waals surface area contributed by atoms with Crippen LogP contribution in [0.4, 0.5) is 11.5 Å². The Morgan fingerprint density at radius 1 is 0.862 bits per heavy atom. The fourth-order valence-corrected chi connectivity index (χ4v) is 4.20. The standard InChI is InChI=1S/C21H16ClN3O3S/c1-28-16-10-12-17(13-11-16)29(26,27)21-20(23-15-8-6-14(22)7-9-15)24-18-4-2-3-5-19(18)25-21/h2-13H,1H3,(H,23,24). The number of halogens is 1. The first-order valence-corrected chi connectivity index (χ1v) is 10.5. The number of anilines is 2. The number of para-hydroxylation sites is 2. The average molecular weight is 426 g/mol. The highest BCUT2D eigenvalue weighted by atomic mass is 35.5. The smallest absolute Gasteiger partial charge is 0.227 e. The van der Waals surface area contributed by atoms with Gasteiger partial charge in [0.05, 0.1) is 23.0 Å². The number of fused-ring (bicyclic) bond motifs is 1. The Morgan fingerprint density at radius 2 is 1.48 bits per heavy atom. The van der Waals surface area contributed by atoms with Crippen molar-refractivity contribution in [1.29, 1.82) is 0 Å². The summed E-state index contributed by atoms with van der Waals surface area (Å²) in [6, 6.07) is 20.1. The summed E-state index contributed by atoms with van der Waals surface area (Å²) in [6.45, 7) is 0. The third-order valence-corrected chi connectivity index (χ3v) is 6.21. The molecule has 29 heavy (non-hydrogen) atoms. The van der Waals surface area contributed by atoms with Crippen LogP contribution < -0.4 is 10.1 Å². The zero-order valence-electron chi connectivity index (χ0n) is 15.3. The molecule has 0 radical (unpaired) electrons. The Labute approximate surface area is 173 Å². The summed E-state index contributed by atoms with van der Waals surface area (Å²) in [5.74, 6) is 0.704. The van der Waals surface area contributed by atoms with Crippen molar-refractivity contribution in [2.75, 3.05) is 12.4 Å². The molecule has 0 aliphatic carbocycles. The molecular formula is C21H16ClN3O3S. The molecule has 6 nitrogen and oxygen atoms in total. The van der Waals surface area contributed by atoms with Gasteiger partial charge in [-0.25, -0.2) is 18.4 Å². The number of benzene rings is 3. The van der Waals surface area contributed by atoms with Crippen LogP contribution in [0.25, 0.3) is 11.0 Å². The summed E-state index contributed by atoms with van der Waals surface area (Å²) in [5.41, 5.74) is 1.71. The van der Waals surface area contributed by atoms with Crippen molar-refractivity contribution in [3.63, 3.8) is 0 Å². The van der Waals surface area contributed by atoms with E-state index in [2.05, 4.69) is 15.3 Å². The van der Waals surface area contributed by atoms with E-state index in [1.54, 1.807) is 54.6 Å². The number of hydrogen-bond donors (Lipinski definition) is 1.